The zero-order valence-corrected chi connectivity index (χ0v) is 14.3. The number of benzene rings is 1. The number of nitrogens with two attached hydrogens (primary N) is 1. The van der Waals surface area contributed by atoms with Crippen LogP contribution in [-0.2, 0) is 10.0 Å². The number of piperidine rings is 1. The molecule has 0 amide bonds. The van der Waals surface area contributed by atoms with Crippen LogP contribution in [0.1, 0.15) is 12.8 Å². The first kappa shape index (κ1) is 17.7. The maximum absolute atomic E-state index is 12.6. The van der Waals surface area contributed by atoms with Crippen molar-refractivity contribution >= 4 is 38.4 Å². The van der Waals surface area contributed by atoms with Gasteiger partial charge in [-0.1, -0.05) is 0 Å². The molecule has 1 aliphatic rings. The zero-order valence-electron chi connectivity index (χ0n) is 11.1. The number of halogens is 2. The molecule has 1 saturated heterocycles. The van der Waals surface area contributed by atoms with Gasteiger partial charge in [0, 0.05) is 29.7 Å². The average Bonchev–Trinajstić information content (AvgIpc) is 2.39. The second-order valence-corrected chi connectivity index (χ2v) is 7.30. The Labute approximate surface area is 134 Å². The van der Waals surface area contributed by atoms with Gasteiger partial charge in [0.1, 0.15) is 10.6 Å². The molecule has 20 heavy (non-hydrogen) atoms. The molecule has 0 aromatic heterocycles. The number of hydrogen-bond donors (Lipinski definition) is 1. The van der Waals surface area contributed by atoms with E-state index < -0.39 is 10.0 Å². The van der Waals surface area contributed by atoms with E-state index in [1.807, 2.05) is 0 Å². The molecule has 114 valence electrons. The Bertz CT molecular complexity index is 560. The van der Waals surface area contributed by atoms with E-state index in [2.05, 4.69) is 15.9 Å². The minimum atomic E-state index is -3.50. The maximum atomic E-state index is 12.6. The summed E-state index contributed by atoms with van der Waals surface area (Å²) in [7, 11) is -1.98. The van der Waals surface area contributed by atoms with Gasteiger partial charge in [-0.2, -0.15) is 4.31 Å². The normalized spacial score (nSPS) is 17.6. The van der Waals surface area contributed by atoms with Crippen LogP contribution in [0, 0.1) is 0 Å². The SMILES string of the molecule is COc1ccc(Br)c(S(=O)(=O)N2CCC(N)CC2)c1.Cl. The van der Waals surface area contributed by atoms with Crippen LogP contribution in [0.5, 0.6) is 5.75 Å². The van der Waals surface area contributed by atoms with Gasteiger partial charge in [0.25, 0.3) is 0 Å². The van der Waals surface area contributed by atoms with Gasteiger partial charge in [0.2, 0.25) is 10.0 Å². The quantitative estimate of drug-likeness (QED) is 0.863. The highest BCUT2D eigenvalue weighted by atomic mass is 79.9. The lowest BCUT2D eigenvalue weighted by molar-refractivity contribution is 0.319. The number of sulfonamides is 1. The van der Waals surface area contributed by atoms with Crippen molar-refractivity contribution in [3.8, 4) is 5.75 Å². The third-order valence-electron chi connectivity index (χ3n) is 3.25. The number of rotatable bonds is 3. The third-order valence-corrected chi connectivity index (χ3v) is 6.15. The summed E-state index contributed by atoms with van der Waals surface area (Å²) in [6, 6.07) is 5.03. The number of ether oxygens (including phenoxy) is 1. The largest absolute Gasteiger partial charge is 0.497 e. The molecule has 1 aromatic rings. The summed E-state index contributed by atoms with van der Waals surface area (Å²) >= 11 is 3.29. The Morgan fingerprint density at radius 1 is 1.35 bits per heavy atom. The summed E-state index contributed by atoms with van der Waals surface area (Å²) < 4.78 is 32.3. The first-order chi connectivity index (χ1) is 8.95. The molecule has 1 aromatic carbocycles. The Balaban J connectivity index is 0.00000200. The lowest BCUT2D eigenvalue weighted by atomic mass is 10.1. The second-order valence-electron chi connectivity index (χ2n) is 4.54. The van der Waals surface area contributed by atoms with E-state index in [0.29, 0.717) is 36.2 Å². The molecule has 8 heteroatoms. The van der Waals surface area contributed by atoms with Crippen molar-refractivity contribution in [2.75, 3.05) is 20.2 Å². The van der Waals surface area contributed by atoms with E-state index >= 15 is 0 Å². The van der Waals surface area contributed by atoms with Gasteiger partial charge in [0.05, 0.1) is 7.11 Å². The van der Waals surface area contributed by atoms with Gasteiger partial charge in [-0.15, -0.1) is 12.4 Å². The van der Waals surface area contributed by atoms with Crippen LogP contribution in [-0.4, -0.2) is 39.0 Å². The van der Waals surface area contributed by atoms with Crippen molar-refractivity contribution in [2.45, 2.75) is 23.8 Å². The van der Waals surface area contributed by atoms with E-state index in [-0.39, 0.29) is 23.3 Å². The van der Waals surface area contributed by atoms with E-state index in [1.54, 1.807) is 12.1 Å². The highest BCUT2D eigenvalue weighted by Gasteiger charge is 2.30. The molecule has 0 spiro atoms. The molecule has 0 aliphatic carbocycles. The van der Waals surface area contributed by atoms with Gasteiger partial charge in [-0.3, -0.25) is 0 Å². The fraction of sp³-hybridized carbons (Fsp3) is 0.500. The van der Waals surface area contributed by atoms with Crippen LogP contribution < -0.4 is 10.5 Å². The van der Waals surface area contributed by atoms with Gasteiger partial charge in [-0.25, -0.2) is 8.42 Å². The molecule has 1 fully saturated rings. The molecule has 0 unspecified atom stereocenters. The lowest BCUT2D eigenvalue weighted by Gasteiger charge is -2.29. The molecule has 0 radical (unpaired) electrons. The van der Waals surface area contributed by atoms with Crippen molar-refractivity contribution in [2.24, 2.45) is 5.73 Å². The van der Waals surface area contributed by atoms with E-state index in [4.69, 9.17) is 10.5 Å². The summed E-state index contributed by atoms with van der Waals surface area (Å²) in [6.45, 7) is 0.931. The molecule has 2 rings (SSSR count). The smallest absolute Gasteiger partial charge is 0.244 e. The van der Waals surface area contributed by atoms with Gasteiger partial charge < -0.3 is 10.5 Å². The van der Waals surface area contributed by atoms with Gasteiger partial charge in [-0.05, 0) is 40.9 Å². The Morgan fingerprint density at radius 2 is 1.95 bits per heavy atom. The summed E-state index contributed by atoms with van der Waals surface area (Å²) in [5, 5.41) is 0. The first-order valence-electron chi connectivity index (χ1n) is 6.04. The summed E-state index contributed by atoms with van der Waals surface area (Å²) in [4.78, 5) is 0.238. The summed E-state index contributed by atoms with van der Waals surface area (Å²) in [5.74, 6) is 0.524. The van der Waals surface area contributed by atoms with Crippen LogP contribution in [0.15, 0.2) is 27.6 Å². The van der Waals surface area contributed by atoms with E-state index in [9.17, 15) is 8.42 Å². The molecular formula is C12H18BrClN2O3S. The number of hydrogen-bond acceptors (Lipinski definition) is 4. The molecule has 2 N–H and O–H groups in total. The molecular weight excluding hydrogens is 368 g/mol. The van der Waals surface area contributed by atoms with Crippen molar-refractivity contribution in [1.82, 2.24) is 4.31 Å². The first-order valence-corrected chi connectivity index (χ1v) is 8.27. The van der Waals surface area contributed by atoms with Crippen LogP contribution in [0.2, 0.25) is 0 Å². The zero-order chi connectivity index (χ0) is 14.0. The average molecular weight is 386 g/mol. The van der Waals surface area contributed by atoms with Crippen molar-refractivity contribution in [1.29, 1.82) is 0 Å². The monoisotopic (exact) mass is 384 g/mol. The maximum Gasteiger partial charge on any atom is 0.244 e. The minimum Gasteiger partial charge on any atom is -0.497 e. The second kappa shape index (κ2) is 7.09. The molecule has 0 atom stereocenters. The van der Waals surface area contributed by atoms with Crippen LogP contribution >= 0.6 is 28.3 Å². The predicted octanol–water partition coefficient (Wildman–Crippen LogP) is 1.99. The molecule has 0 saturated carbocycles. The van der Waals surface area contributed by atoms with Crippen LogP contribution in [0.3, 0.4) is 0 Å². The van der Waals surface area contributed by atoms with Gasteiger partial charge in [0.15, 0.2) is 0 Å². The molecule has 1 heterocycles. The van der Waals surface area contributed by atoms with Crippen molar-refractivity contribution in [3.63, 3.8) is 0 Å². The lowest BCUT2D eigenvalue weighted by Crippen LogP contribution is -2.42. The van der Waals surface area contributed by atoms with E-state index in [1.165, 1.54) is 17.5 Å². The number of nitrogens with zero attached hydrogens (tertiary/aromatic N) is 1. The van der Waals surface area contributed by atoms with Gasteiger partial charge >= 0.3 is 0 Å². The fourth-order valence-corrected chi connectivity index (χ4v) is 4.47. The van der Waals surface area contributed by atoms with Crippen molar-refractivity contribution in [3.05, 3.63) is 22.7 Å². The summed E-state index contributed by atoms with van der Waals surface area (Å²) in [6.07, 6.45) is 1.39. The van der Waals surface area contributed by atoms with Crippen molar-refractivity contribution < 1.29 is 13.2 Å². The predicted molar refractivity (Wildman–Crippen MR) is 83.9 cm³/mol. The fourth-order valence-electron chi connectivity index (χ4n) is 2.06. The minimum absolute atomic E-state index is 0. The molecule has 5 nitrogen and oxygen atoms in total. The van der Waals surface area contributed by atoms with Crippen LogP contribution in [0.25, 0.3) is 0 Å². The molecule has 1 aliphatic heterocycles. The number of methoxy groups -OCH3 is 1. The Morgan fingerprint density at radius 3 is 2.50 bits per heavy atom. The highest BCUT2D eigenvalue weighted by molar-refractivity contribution is 9.10. The Hall–Kier alpha value is -0.340. The highest BCUT2D eigenvalue weighted by Crippen LogP contribution is 2.30. The molecule has 0 bridgehead atoms. The Kier molecular flexibility index (Phi) is 6.27. The third kappa shape index (κ3) is 3.65. The summed E-state index contributed by atoms with van der Waals surface area (Å²) in [5.41, 5.74) is 5.80. The standard InChI is InChI=1S/C12H17BrN2O3S.ClH/c1-18-10-2-3-11(13)12(8-10)19(16,17)15-6-4-9(14)5-7-15;/h2-3,8-9H,4-7,14H2,1H3;1H. The van der Waals surface area contributed by atoms with E-state index in [0.717, 1.165) is 0 Å². The topological polar surface area (TPSA) is 72.6 Å². The van der Waals surface area contributed by atoms with Crippen LogP contribution in [0.4, 0.5) is 0 Å².